The highest BCUT2D eigenvalue weighted by atomic mass is 15.3. The van der Waals surface area contributed by atoms with Gasteiger partial charge in [-0.25, -0.2) is 0 Å². The highest BCUT2D eigenvalue weighted by Crippen LogP contribution is 2.02. The van der Waals surface area contributed by atoms with Gasteiger partial charge in [0.1, 0.15) is 6.54 Å². The van der Waals surface area contributed by atoms with Crippen LogP contribution in [-0.2, 0) is 0 Å². The molecule has 0 aromatic carbocycles. The van der Waals surface area contributed by atoms with Gasteiger partial charge in [0, 0.05) is 5.57 Å². The van der Waals surface area contributed by atoms with Gasteiger partial charge in [-0.3, -0.25) is 0 Å². The Morgan fingerprint density at radius 1 is 1.33 bits per heavy atom. The highest BCUT2D eigenvalue weighted by Gasteiger charge is 2.07. The minimum atomic E-state index is 0.940. The minimum absolute atomic E-state index is 0.940. The van der Waals surface area contributed by atoms with E-state index in [9.17, 15) is 0 Å². The van der Waals surface area contributed by atoms with Crippen molar-refractivity contribution in [1.82, 2.24) is 0 Å². The van der Waals surface area contributed by atoms with Crippen molar-refractivity contribution in [2.45, 2.75) is 6.92 Å². The Hall–Kier alpha value is -0.820. The SMILES string of the molecule is C=C/C(=C\C=C/C)C[N+](C)(C)C. The van der Waals surface area contributed by atoms with Gasteiger partial charge in [-0.15, -0.1) is 0 Å². The number of nitrogens with zero attached hydrogens (tertiary/aromatic N) is 1. The molecule has 0 N–H and O–H groups in total. The van der Waals surface area contributed by atoms with E-state index in [1.54, 1.807) is 0 Å². The lowest BCUT2D eigenvalue weighted by atomic mass is 10.2. The zero-order valence-electron chi connectivity index (χ0n) is 8.67. The Morgan fingerprint density at radius 3 is 2.25 bits per heavy atom. The van der Waals surface area contributed by atoms with Gasteiger partial charge in [0.05, 0.1) is 21.1 Å². The molecule has 12 heavy (non-hydrogen) atoms. The molecule has 0 bridgehead atoms. The molecule has 0 rings (SSSR count). The summed E-state index contributed by atoms with van der Waals surface area (Å²) in [6.45, 7) is 6.82. The van der Waals surface area contributed by atoms with Crippen LogP contribution in [0.25, 0.3) is 0 Å². The quantitative estimate of drug-likeness (QED) is 0.444. The molecule has 0 fully saturated rings. The van der Waals surface area contributed by atoms with Gasteiger partial charge < -0.3 is 4.48 Å². The van der Waals surface area contributed by atoms with Gasteiger partial charge >= 0.3 is 0 Å². The standard InChI is InChI=1S/C11H20N/c1-6-8-9-11(7-2)10-12(3,4)5/h6-9H,2,10H2,1,3-5H3/q+1/b8-6-,11-9+. The summed E-state index contributed by atoms with van der Waals surface area (Å²) in [5.74, 6) is 0. The molecule has 1 heteroatoms. The molecule has 0 aliphatic carbocycles. The summed E-state index contributed by atoms with van der Waals surface area (Å²) in [6.07, 6.45) is 8.10. The summed E-state index contributed by atoms with van der Waals surface area (Å²) in [4.78, 5) is 0. The maximum Gasteiger partial charge on any atom is 0.104 e. The van der Waals surface area contributed by atoms with E-state index in [0.29, 0.717) is 0 Å². The third kappa shape index (κ3) is 5.93. The maximum absolute atomic E-state index is 3.79. The molecule has 1 nitrogen and oxygen atoms in total. The van der Waals surface area contributed by atoms with Crippen LogP contribution in [0.15, 0.2) is 36.5 Å². The molecule has 0 heterocycles. The van der Waals surface area contributed by atoms with Crippen LogP contribution in [0.3, 0.4) is 0 Å². The van der Waals surface area contributed by atoms with Crippen molar-refractivity contribution in [3.8, 4) is 0 Å². The van der Waals surface area contributed by atoms with Crippen molar-refractivity contribution in [1.29, 1.82) is 0 Å². The molecule has 0 aromatic rings. The highest BCUT2D eigenvalue weighted by molar-refractivity contribution is 5.22. The number of hydrogen-bond donors (Lipinski definition) is 0. The van der Waals surface area contributed by atoms with Gasteiger partial charge in [0.15, 0.2) is 0 Å². The van der Waals surface area contributed by atoms with Gasteiger partial charge in [-0.2, -0.15) is 0 Å². The smallest absolute Gasteiger partial charge is 0.104 e. The number of hydrogen-bond acceptors (Lipinski definition) is 0. The van der Waals surface area contributed by atoms with Crippen molar-refractivity contribution >= 4 is 0 Å². The number of allylic oxidation sites excluding steroid dienone is 3. The Balaban J connectivity index is 4.28. The summed E-state index contributed by atoms with van der Waals surface area (Å²) in [7, 11) is 6.52. The largest absolute Gasteiger partial charge is 0.327 e. The van der Waals surface area contributed by atoms with Crippen molar-refractivity contribution in [2.24, 2.45) is 0 Å². The number of rotatable bonds is 4. The van der Waals surface area contributed by atoms with E-state index in [1.807, 2.05) is 25.2 Å². The van der Waals surface area contributed by atoms with Crippen molar-refractivity contribution in [3.05, 3.63) is 36.5 Å². The minimum Gasteiger partial charge on any atom is -0.327 e. The second-order valence-electron chi connectivity index (χ2n) is 3.92. The molecule has 0 aliphatic rings. The third-order valence-electron chi connectivity index (χ3n) is 1.42. The molecule has 0 spiro atoms. The Morgan fingerprint density at radius 2 is 1.92 bits per heavy atom. The van der Waals surface area contributed by atoms with E-state index in [2.05, 4.69) is 33.8 Å². The van der Waals surface area contributed by atoms with Crippen LogP contribution in [0.4, 0.5) is 0 Å². The molecular weight excluding hydrogens is 146 g/mol. The Labute approximate surface area is 76.3 Å². The second-order valence-corrected chi connectivity index (χ2v) is 3.92. The first-order valence-electron chi connectivity index (χ1n) is 4.24. The van der Waals surface area contributed by atoms with Crippen molar-refractivity contribution < 1.29 is 4.48 Å². The van der Waals surface area contributed by atoms with E-state index in [0.717, 1.165) is 11.0 Å². The van der Waals surface area contributed by atoms with Crippen molar-refractivity contribution in [3.63, 3.8) is 0 Å². The first-order chi connectivity index (χ1) is 5.49. The fourth-order valence-electron chi connectivity index (χ4n) is 0.953. The topological polar surface area (TPSA) is 0 Å². The summed E-state index contributed by atoms with van der Waals surface area (Å²) >= 11 is 0. The first-order valence-corrected chi connectivity index (χ1v) is 4.24. The molecule has 0 radical (unpaired) electrons. The van der Waals surface area contributed by atoms with E-state index in [4.69, 9.17) is 0 Å². The van der Waals surface area contributed by atoms with Crippen LogP contribution in [0.1, 0.15) is 6.92 Å². The molecule has 0 saturated heterocycles. The summed E-state index contributed by atoms with van der Waals surface area (Å²) in [6, 6.07) is 0. The van der Waals surface area contributed by atoms with Gasteiger partial charge in [-0.1, -0.05) is 30.9 Å². The first kappa shape index (κ1) is 11.2. The van der Waals surface area contributed by atoms with Gasteiger partial charge in [0.2, 0.25) is 0 Å². The third-order valence-corrected chi connectivity index (χ3v) is 1.42. The van der Waals surface area contributed by atoms with Crippen molar-refractivity contribution in [2.75, 3.05) is 27.7 Å². The van der Waals surface area contributed by atoms with Crippen LogP contribution in [0.2, 0.25) is 0 Å². The monoisotopic (exact) mass is 166 g/mol. The van der Waals surface area contributed by atoms with Crippen LogP contribution < -0.4 is 0 Å². The molecule has 0 amide bonds. The van der Waals surface area contributed by atoms with Crippen LogP contribution in [-0.4, -0.2) is 32.2 Å². The fourth-order valence-corrected chi connectivity index (χ4v) is 0.953. The Bertz CT molecular complexity index is 192. The van der Waals surface area contributed by atoms with Gasteiger partial charge in [0.25, 0.3) is 0 Å². The predicted molar refractivity (Wildman–Crippen MR) is 56.0 cm³/mol. The molecule has 68 valence electrons. The summed E-state index contributed by atoms with van der Waals surface area (Å²) in [5.41, 5.74) is 1.28. The molecule has 0 unspecified atom stereocenters. The molecule has 0 aromatic heterocycles. The van der Waals surface area contributed by atoms with E-state index >= 15 is 0 Å². The maximum atomic E-state index is 3.79. The second kappa shape index (κ2) is 4.94. The van der Waals surface area contributed by atoms with E-state index in [1.165, 1.54) is 5.57 Å². The summed E-state index contributed by atoms with van der Waals surface area (Å²) < 4.78 is 0.940. The predicted octanol–water partition coefficient (Wildman–Crippen LogP) is 2.38. The Kier molecular flexibility index (Phi) is 4.60. The molecular formula is C11H20N+. The lowest BCUT2D eigenvalue weighted by Gasteiger charge is -2.24. The zero-order chi connectivity index (χ0) is 9.61. The molecule has 0 aliphatic heterocycles. The zero-order valence-corrected chi connectivity index (χ0v) is 8.67. The van der Waals surface area contributed by atoms with Crippen LogP contribution in [0.5, 0.6) is 0 Å². The molecule has 0 saturated carbocycles. The fraction of sp³-hybridized carbons (Fsp3) is 0.455. The van der Waals surface area contributed by atoms with Crippen LogP contribution >= 0.6 is 0 Å². The lowest BCUT2D eigenvalue weighted by molar-refractivity contribution is -0.865. The molecule has 0 atom stereocenters. The summed E-state index contributed by atoms with van der Waals surface area (Å²) in [5, 5.41) is 0. The average Bonchev–Trinajstić information content (AvgIpc) is 1.95. The van der Waals surface area contributed by atoms with E-state index < -0.39 is 0 Å². The number of likely N-dealkylation sites (N-methyl/N-ethyl adjacent to an activating group) is 1. The van der Waals surface area contributed by atoms with Crippen LogP contribution in [0, 0.1) is 0 Å². The number of quaternary nitrogens is 1. The average molecular weight is 166 g/mol. The van der Waals surface area contributed by atoms with E-state index in [-0.39, 0.29) is 0 Å². The lowest BCUT2D eigenvalue weighted by Crippen LogP contribution is -2.35. The normalized spacial score (nSPS) is 13.8. The van der Waals surface area contributed by atoms with Gasteiger partial charge in [-0.05, 0) is 6.92 Å².